The summed E-state index contributed by atoms with van der Waals surface area (Å²) < 4.78 is 2.13. The van der Waals surface area contributed by atoms with Gasteiger partial charge in [0.25, 0.3) is 0 Å². The van der Waals surface area contributed by atoms with Gasteiger partial charge in [0.15, 0.2) is 0 Å². The zero-order valence-corrected chi connectivity index (χ0v) is 13.7. The number of aliphatic hydroxyl groups excluding tert-OH is 1. The Balaban J connectivity index is 1.82. The zero-order valence-electron chi connectivity index (χ0n) is 13.7. The summed E-state index contributed by atoms with van der Waals surface area (Å²) in [4.78, 5) is 4.65. The highest BCUT2D eigenvalue weighted by molar-refractivity contribution is 5.83. The summed E-state index contributed by atoms with van der Waals surface area (Å²) in [7, 11) is 0. The number of para-hydroxylation sites is 2. The third kappa shape index (κ3) is 2.57. The summed E-state index contributed by atoms with van der Waals surface area (Å²) >= 11 is 0. The van der Waals surface area contributed by atoms with Gasteiger partial charge in [-0.1, -0.05) is 55.5 Å². The van der Waals surface area contributed by atoms with Crippen LogP contribution >= 0.6 is 0 Å². The molecule has 0 fully saturated rings. The molecule has 1 atom stereocenters. The second-order valence-corrected chi connectivity index (χ2v) is 6.15. The van der Waals surface area contributed by atoms with Crippen LogP contribution in [0, 0.1) is 0 Å². The lowest BCUT2D eigenvalue weighted by molar-refractivity contribution is 0.160. The number of imidazole rings is 1. The number of hydrogen-bond donors (Lipinski definition) is 1. The smallest absolute Gasteiger partial charge is 0.139 e. The number of hydrogen-bond acceptors (Lipinski definition) is 2. The number of fused-ring (bicyclic) bond motifs is 2. The molecule has 0 amide bonds. The number of aromatic nitrogens is 2. The van der Waals surface area contributed by atoms with Crippen LogP contribution in [0.1, 0.15) is 30.8 Å². The van der Waals surface area contributed by atoms with Crippen LogP contribution in [0.3, 0.4) is 0 Å². The summed E-state index contributed by atoms with van der Waals surface area (Å²) in [5.41, 5.74) is 3.20. The summed E-state index contributed by atoms with van der Waals surface area (Å²) in [5, 5.41) is 12.9. The molecule has 3 heteroatoms. The average Bonchev–Trinajstić information content (AvgIpc) is 2.99. The van der Waals surface area contributed by atoms with Crippen molar-refractivity contribution in [3.8, 4) is 0 Å². The second-order valence-electron chi connectivity index (χ2n) is 6.15. The van der Waals surface area contributed by atoms with Gasteiger partial charge in [-0.25, -0.2) is 4.98 Å². The summed E-state index contributed by atoms with van der Waals surface area (Å²) in [5.74, 6) is 0.742. The lowest BCUT2D eigenvalue weighted by atomic mass is 10.1. The summed E-state index contributed by atoms with van der Waals surface area (Å²) in [6, 6.07) is 23.0. The summed E-state index contributed by atoms with van der Waals surface area (Å²) in [6.45, 7) is 2.68. The highest BCUT2D eigenvalue weighted by Crippen LogP contribution is 2.25. The van der Waals surface area contributed by atoms with E-state index in [1.807, 2.05) is 25.1 Å². The van der Waals surface area contributed by atoms with Crippen molar-refractivity contribution < 1.29 is 5.11 Å². The largest absolute Gasteiger partial charge is 0.385 e. The zero-order chi connectivity index (χ0) is 16.5. The number of nitrogens with zero attached hydrogens (tertiary/aromatic N) is 2. The maximum absolute atomic E-state index is 10.4. The van der Waals surface area contributed by atoms with E-state index in [0.29, 0.717) is 13.0 Å². The average molecular weight is 316 g/mol. The van der Waals surface area contributed by atoms with Gasteiger partial charge in [0.2, 0.25) is 0 Å². The third-order valence-corrected chi connectivity index (χ3v) is 4.52. The maximum atomic E-state index is 10.4. The lowest BCUT2D eigenvalue weighted by Crippen LogP contribution is -2.09. The molecule has 0 aliphatic heterocycles. The molecule has 0 spiro atoms. The van der Waals surface area contributed by atoms with Crippen molar-refractivity contribution in [2.24, 2.45) is 0 Å². The fourth-order valence-corrected chi connectivity index (χ4v) is 3.22. The molecule has 0 aliphatic rings. The van der Waals surface area contributed by atoms with Crippen molar-refractivity contribution in [2.45, 2.75) is 26.0 Å². The molecule has 0 radical (unpaired) electrons. The minimum atomic E-state index is -0.544. The fourth-order valence-electron chi connectivity index (χ4n) is 3.22. The molecular weight excluding hydrogens is 296 g/mol. The van der Waals surface area contributed by atoms with E-state index in [1.165, 1.54) is 16.3 Å². The molecular formula is C21H20N2O. The van der Waals surface area contributed by atoms with Crippen molar-refractivity contribution in [3.05, 3.63) is 78.1 Å². The SMILES string of the molecule is CCC(O)c1nc2ccccc2n1Cc1ccc2ccccc2c1. The van der Waals surface area contributed by atoms with Crippen LogP contribution in [-0.4, -0.2) is 14.7 Å². The van der Waals surface area contributed by atoms with E-state index in [4.69, 9.17) is 0 Å². The van der Waals surface area contributed by atoms with E-state index in [-0.39, 0.29) is 0 Å². The Hall–Kier alpha value is -2.65. The molecule has 1 heterocycles. The van der Waals surface area contributed by atoms with E-state index >= 15 is 0 Å². The molecule has 3 nitrogen and oxygen atoms in total. The van der Waals surface area contributed by atoms with Crippen molar-refractivity contribution in [1.82, 2.24) is 9.55 Å². The van der Waals surface area contributed by atoms with Crippen LogP contribution in [0.4, 0.5) is 0 Å². The molecule has 4 aromatic rings. The van der Waals surface area contributed by atoms with Crippen LogP contribution in [0.25, 0.3) is 21.8 Å². The molecule has 0 aliphatic carbocycles. The maximum Gasteiger partial charge on any atom is 0.139 e. The highest BCUT2D eigenvalue weighted by Gasteiger charge is 2.16. The van der Waals surface area contributed by atoms with E-state index in [1.54, 1.807) is 0 Å². The molecule has 0 saturated heterocycles. The normalized spacial score (nSPS) is 12.8. The molecule has 4 rings (SSSR count). The van der Waals surface area contributed by atoms with Crippen molar-refractivity contribution >= 4 is 21.8 Å². The molecule has 1 N–H and O–H groups in total. The van der Waals surface area contributed by atoms with Gasteiger partial charge in [0, 0.05) is 6.54 Å². The van der Waals surface area contributed by atoms with Gasteiger partial charge in [0.1, 0.15) is 11.9 Å². The van der Waals surface area contributed by atoms with Crippen LogP contribution < -0.4 is 0 Å². The van der Waals surface area contributed by atoms with Gasteiger partial charge >= 0.3 is 0 Å². The molecule has 3 aromatic carbocycles. The first-order valence-corrected chi connectivity index (χ1v) is 8.37. The van der Waals surface area contributed by atoms with E-state index in [9.17, 15) is 5.11 Å². The number of benzene rings is 3. The van der Waals surface area contributed by atoms with Crippen LogP contribution in [0.2, 0.25) is 0 Å². The number of aliphatic hydroxyl groups is 1. The van der Waals surface area contributed by atoms with E-state index in [2.05, 4.69) is 58.1 Å². The Kier molecular flexibility index (Phi) is 3.79. The Morgan fingerprint density at radius 1 is 0.958 bits per heavy atom. The Morgan fingerprint density at radius 2 is 1.71 bits per heavy atom. The molecule has 24 heavy (non-hydrogen) atoms. The Morgan fingerprint density at radius 3 is 2.54 bits per heavy atom. The van der Waals surface area contributed by atoms with Gasteiger partial charge in [-0.3, -0.25) is 0 Å². The Labute approximate surface area is 141 Å². The van der Waals surface area contributed by atoms with Gasteiger partial charge in [-0.2, -0.15) is 0 Å². The molecule has 1 aromatic heterocycles. The van der Waals surface area contributed by atoms with Crippen LogP contribution in [0.15, 0.2) is 66.7 Å². The molecule has 1 unspecified atom stereocenters. The standard InChI is InChI=1S/C21H20N2O/c1-2-20(24)21-22-18-9-5-6-10-19(18)23(21)14-15-11-12-16-7-3-4-8-17(16)13-15/h3-13,20,24H,2,14H2,1H3. The number of rotatable bonds is 4. The van der Waals surface area contributed by atoms with Crippen LogP contribution in [0.5, 0.6) is 0 Å². The van der Waals surface area contributed by atoms with E-state index < -0.39 is 6.10 Å². The molecule has 0 saturated carbocycles. The van der Waals surface area contributed by atoms with Crippen LogP contribution in [-0.2, 0) is 6.54 Å². The lowest BCUT2D eigenvalue weighted by Gasteiger charge is -2.13. The van der Waals surface area contributed by atoms with Crippen molar-refractivity contribution in [1.29, 1.82) is 0 Å². The first-order valence-electron chi connectivity index (χ1n) is 8.37. The first-order chi connectivity index (χ1) is 11.8. The topological polar surface area (TPSA) is 38.1 Å². The minimum Gasteiger partial charge on any atom is -0.385 e. The second kappa shape index (κ2) is 6.10. The summed E-state index contributed by atoms with van der Waals surface area (Å²) in [6.07, 6.45) is 0.110. The predicted molar refractivity (Wildman–Crippen MR) is 98.0 cm³/mol. The van der Waals surface area contributed by atoms with Gasteiger partial charge in [0.05, 0.1) is 11.0 Å². The van der Waals surface area contributed by atoms with Gasteiger partial charge < -0.3 is 9.67 Å². The van der Waals surface area contributed by atoms with Crippen molar-refractivity contribution in [3.63, 3.8) is 0 Å². The van der Waals surface area contributed by atoms with E-state index in [0.717, 1.165) is 16.9 Å². The minimum absolute atomic E-state index is 0.544. The molecule has 120 valence electrons. The Bertz CT molecular complexity index is 1000. The van der Waals surface area contributed by atoms with Crippen molar-refractivity contribution in [2.75, 3.05) is 0 Å². The van der Waals surface area contributed by atoms with Gasteiger partial charge in [-0.05, 0) is 41.0 Å². The quantitative estimate of drug-likeness (QED) is 0.593. The predicted octanol–water partition coefficient (Wildman–Crippen LogP) is 4.68. The van der Waals surface area contributed by atoms with Gasteiger partial charge in [-0.15, -0.1) is 0 Å². The fraction of sp³-hybridized carbons (Fsp3) is 0.190. The first kappa shape index (κ1) is 14.9. The monoisotopic (exact) mass is 316 g/mol. The highest BCUT2D eigenvalue weighted by atomic mass is 16.3. The third-order valence-electron chi connectivity index (χ3n) is 4.52. The molecule has 0 bridgehead atoms.